The molecule has 0 fully saturated rings. The number of amides is 1. The first-order chi connectivity index (χ1) is 7.41. The van der Waals surface area contributed by atoms with E-state index in [0.29, 0.717) is 5.76 Å². The van der Waals surface area contributed by atoms with Gasteiger partial charge in [-0.05, 0) is 20.8 Å². The van der Waals surface area contributed by atoms with Crippen LogP contribution in [0.2, 0.25) is 0 Å². The van der Waals surface area contributed by atoms with Gasteiger partial charge in [-0.15, -0.1) is 0 Å². The predicted octanol–water partition coefficient (Wildman–Crippen LogP) is 1.14. The van der Waals surface area contributed by atoms with Gasteiger partial charge >= 0.3 is 0 Å². The first-order valence-corrected chi connectivity index (χ1v) is 5.33. The lowest BCUT2D eigenvalue weighted by molar-refractivity contribution is -0.120. The van der Waals surface area contributed by atoms with E-state index in [-0.39, 0.29) is 23.4 Å². The Morgan fingerprint density at radius 3 is 2.69 bits per heavy atom. The van der Waals surface area contributed by atoms with Crippen LogP contribution in [0.25, 0.3) is 0 Å². The lowest BCUT2D eigenvalue weighted by Gasteiger charge is -2.13. The number of nitrogens with two attached hydrogens (primary N) is 1. The van der Waals surface area contributed by atoms with Gasteiger partial charge in [-0.3, -0.25) is 4.79 Å². The van der Waals surface area contributed by atoms with Gasteiger partial charge in [0.1, 0.15) is 5.76 Å². The highest BCUT2D eigenvalue weighted by molar-refractivity contribution is 7.80. The van der Waals surface area contributed by atoms with Crippen LogP contribution in [0.15, 0.2) is 4.52 Å². The first kappa shape index (κ1) is 12.6. The molecule has 6 heteroatoms. The second-order valence-electron chi connectivity index (χ2n) is 3.67. The van der Waals surface area contributed by atoms with Crippen molar-refractivity contribution in [2.24, 2.45) is 5.73 Å². The van der Waals surface area contributed by atoms with Crippen LogP contribution < -0.4 is 11.1 Å². The van der Waals surface area contributed by atoms with Crippen LogP contribution in [0, 0.1) is 13.8 Å². The monoisotopic (exact) mass is 241 g/mol. The normalized spacial score (nSPS) is 12.2. The van der Waals surface area contributed by atoms with Gasteiger partial charge in [0.25, 0.3) is 0 Å². The molecule has 0 aromatic carbocycles. The third kappa shape index (κ3) is 3.03. The van der Waals surface area contributed by atoms with Crippen molar-refractivity contribution in [3.05, 3.63) is 17.0 Å². The molecule has 1 heterocycles. The highest BCUT2D eigenvalue weighted by Crippen LogP contribution is 2.20. The maximum Gasteiger partial charge on any atom is 0.227 e. The number of nitrogens with zero attached hydrogens (tertiary/aromatic N) is 1. The first-order valence-electron chi connectivity index (χ1n) is 4.92. The summed E-state index contributed by atoms with van der Waals surface area (Å²) in [7, 11) is 0. The Morgan fingerprint density at radius 2 is 2.25 bits per heavy atom. The molecule has 0 radical (unpaired) electrons. The number of carbonyl (C=O) groups excluding carboxylic acids is 1. The zero-order valence-corrected chi connectivity index (χ0v) is 10.4. The maximum absolute atomic E-state index is 11.5. The van der Waals surface area contributed by atoms with Gasteiger partial charge in [-0.2, -0.15) is 0 Å². The van der Waals surface area contributed by atoms with Gasteiger partial charge in [0.2, 0.25) is 5.91 Å². The van der Waals surface area contributed by atoms with Crippen molar-refractivity contribution >= 4 is 23.1 Å². The number of aryl methyl sites for hydroxylation is 2. The third-order valence-corrected chi connectivity index (χ3v) is 2.38. The van der Waals surface area contributed by atoms with Crippen molar-refractivity contribution in [3.63, 3.8) is 0 Å². The predicted molar refractivity (Wildman–Crippen MR) is 63.9 cm³/mol. The minimum atomic E-state index is -0.194. The Morgan fingerprint density at radius 1 is 1.62 bits per heavy atom. The van der Waals surface area contributed by atoms with Crippen molar-refractivity contribution in [2.75, 3.05) is 0 Å². The summed E-state index contributed by atoms with van der Waals surface area (Å²) < 4.78 is 5.03. The second-order valence-corrected chi connectivity index (χ2v) is 4.19. The summed E-state index contributed by atoms with van der Waals surface area (Å²) in [5.74, 6) is 0.514. The topological polar surface area (TPSA) is 81.2 Å². The fourth-order valence-electron chi connectivity index (χ4n) is 1.63. The van der Waals surface area contributed by atoms with E-state index in [1.165, 1.54) is 0 Å². The number of thiocarbonyl (C=S) groups is 1. The molecule has 88 valence electrons. The molecule has 0 aliphatic heterocycles. The molecule has 1 atom stereocenters. The molecule has 5 nitrogen and oxygen atoms in total. The standard InChI is InChI=1S/C10H15N3O2S/c1-5(12-9(14)4-8(11)16)10-6(2)13-15-7(10)3/h5H,4H2,1-3H3,(H2,11,16)(H,12,14). The number of aromatic nitrogens is 1. The molecule has 1 rings (SSSR count). The fraction of sp³-hybridized carbons (Fsp3) is 0.500. The molecular weight excluding hydrogens is 226 g/mol. The van der Waals surface area contributed by atoms with Gasteiger partial charge in [0, 0.05) is 5.56 Å². The molecule has 0 aliphatic carbocycles. The third-order valence-electron chi connectivity index (χ3n) is 2.23. The Balaban J connectivity index is 2.69. The molecule has 16 heavy (non-hydrogen) atoms. The van der Waals surface area contributed by atoms with Gasteiger partial charge in [-0.1, -0.05) is 17.4 Å². The fourth-order valence-corrected chi connectivity index (χ4v) is 1.76. The highest BCUT2D eigenvalue weighted by atomic mass is 32.1. The quantitative estimate of drug-likeness (QED) is 0.773. The van der Waals surface area contributed by atoms with E-state index < -0.39 is 0 Å². The Kier molecular flexibility index (Phi) is 4.00. The summed E-state index contributed by atoms with van der Waals surface area (Å²) in [6, 6.07) is -0.159. The van der Waals surface area contributed by atoms with Crippen LogP contribution in [0.4, 0.5) is 0 Å². The van der Waals surface area contributed by atoms with Crippen molar-refractivity contribution in [3.8, 4) is 0 Å². The number of nitrogens with one attached hydrogen (secondary N) is 1. The number of hydrogen-bond acceptors (Lipinski definition) is 4. The molecule has 0 bridgehead atoms. The molecule has 0 aliphatic rings. The largest absolute Gasteiger partial charge is 0.393 e. The zero-order chi connectivity index (χ0) is 12.3. The lowest BCUT2D eigenvalue weighted by atomic mass is 10.1. The minimum Gasteiger partial charge on any atom is -0.393 e. The zero-order valence-electron chi connectivity index (χ0n) is 9.53. The Hall–Kier alpha value is -1.43. The Bertz CT molecular complexity index is 395. The van der Waals surface area contributed by atoms with Crippen LogP contribution in [0.5, 0.6) is 0 Å². The summed E-state index contributed by atoms with van der Waals surface area (Å²) in [5, 5.41) is 6.62. The molecule has 3 N–H and O–H groups in total. The van der Waals surface area contributed by atoms with Crippen molar-refractivity contribution < 1.29 is 9.32 Å². The molecule has 1 aromatic heterocycles. The smallest absolute Gasteiger partial charge is 0.227 e. The molecule has 0 spiro atoms. The van der Waals surface area contributed by atoms with Gasteiger partial charge in [-0.25, -0.2) is 0 Å². The van der Waals surface area contributed by atoms with Crippen LogP contribution in [0.1, 0.15) is 36.4 Å². The van der Waals surface area contributed by atoms with E-state index in [4.69, 9.17) is 10.3 Å². The van der Waals surface area contributed by atoms with Gasteiger partial charge in [0.15, 0.2) is 0 Å². The van der Waals surface area contributed by atoms with Crippen molar-refractivity contribution in [2.45, 2.75) is 33.2 Å². The molecule has 0 saturated carbocycles. The van der Waals surface area contributed by atoms with E-state index in [1.807, 2.05) is 20.8 Å². The summed E-state index contributed by atoms with van der Waals surface area (Å²) in [6.45, 7) is 5.51. The lowest BCUT2D eigenvalue weighted by Crippen LogP contribution is -2.30. The maximum atomic E-state index is 11.5. The van der Waals surface area contributed by atoms with E-state index >= 15 is 0 Å². The van der Waals surface area contributed by atoms with Crippen LogP contribution in [-0.4, -0.2) is 16.1 Å². The number of carbonyl (C=O) groups is 1. The summed E-state index contributed by atoms with van der Waals surface area (Å²) in [5.41, 5.74) is 6.97. The van der Waals surface area contributed by atoms with Crippen LogP contribution >= 0.6 is 12.2 Å². The number of hydrogen-bond donors (Lipinski definition) is 2. The van der Waals surface area contributed by atoms with E-state index in [0.717, 1.165) is 11.3 Å². The molecule has 1 aromatic rings. The number of rotatable bonds is 4. The van der Waals surface area contributed by atoms with Gasteiger partial charge < -0.3 is 15.6 Å². The van der Waals surface area contributed by atoms with Crippen molar-refractivity contribution in [1.82, 2.24) is 10.5 Å². The van der Waals surface area contributed by atoms with E-state index in [9.17, 15) is 4.79 Å². The molecular formula is C10H15N3O2S. The highest BCUT2D eigenvalue weighted by Gasteiger charge is 2.18. The van der Waals surface area contributed by atoms with E-state index in [1.54, 1.807) is 0 Å². The summed E-state index contributed by atoms with van der Waals surface area (Å²) in [6.07, 6.45) is 0.0586. The van der Waals surface area contributed by atoms with Gasteiger partial charge in [0.05, 0.1) is 23.1 Å². The average Bonchev–Trinajstić information content (AvgIpc) is 2.44. The summed E-state index contributed by atoms with van der Waals surface area (Å²) in [4.78, 5) is 11.6. The molecule has 1 unspecified atom stereocenters. The van der Waals surface area contributed by atoms with Crippen LogP contribution in [-0.2, 0) is 4.79 Å². The molecule has 0 saturated heterocycles. The summed E-state index contributed by atoms with van der Waals surface area (Å²) >= 11 is 4.66. The minimum absolute atomic E-state index is 0.0586. The molecule has 1 amide bonds. The van der Waals surface area contributed by atoms with Crippen LogP contribution in [0.3, 0.4) is 0 Å². The second kappa shape index (κ2) is 5.07. The average molecular weight is 241 g/mol. The van der Waals surface area contributed by atoms with E-state index in [2.05, 4.69) is 22.7 Å². The SMILES string of the molecule is Cc1noc(C)c1C(C)NC(=O)CC(N)=S. The van der Waals surface area contributed by atoms with Crippen molar-refractivity contribution in [1.29, 1.82) is 0 Å². The Labute approximate surface area is 99.4 Å².